The van der Waals surface area contributed by atoms with Crippen LogP contribution in [0.1, 0.15) is 19.4 Å². The molecule has 0 unspecified atom stereocenters. The SMILES string of the molecule is Cc1ccc2cc(N(C)C(=O)C(C)(C)N)ccc2c1. The smallest absolute Gasteiger partial charge is 0.246 e. The molecule has 100 valence electrons. The molecular weight excluding hydrogens is 236 g/mol. The molecule has 0 radical (unpaired) electrons. The Kier molecular flexibility index (Phi) is 3.33. The molecule has 0 aromatic heterocycles. The molecule has 3 nitrogen and oxygen atoms in total. The first-order valence-electron chi connectivity index (χ1n) is 6.36. The third-order valence-corrected chi connectivity index (χ3v) is 3.22. The first-order chi connectivity index (χ1) is 8.79. The minimum atomic E-state index is -0.864. The van der Waals surface area contributed by atoms with Crippen molar-refractivity contribution >= 4 is 22.4 Å². The Hall–Kier alpha value is -1.87. The summed E-state index contributed by atoms with van der Waals surface area (Å²) in [6.07, 6.45) is 0. The number of nitrogens with two attached hydrogens (primary N) is 1. The Morgan fingerprint density at radius 3 is 2.32 bits per heavy atom. The maximum absolute atomic E-state index is 12.2. The fraction of sp³-hybridized carbons (Fsp3) is 0.312. The van der Waals surface area contributed by atoms with Crippen LogP contribution in [0.15, 0.2) is 36.4 Å². The maximum atomic E-state index is 12.2. The molecule has 0 bridgehead atoms. The molecule has 0 atom stereocenters. The van der Waals surface area contributed by atoms with Gasteiger partial charge in [0.05, 0.1) is 5.54 Å². The predicted octanol–water partition coefficient (Wildman–Crippen LogP) is 2.85. The van der Waals surface area contributed by atoms with Crippen LogP contribution in [0.4, 0.5) is 5.69 Å². The summed E-state index contributed by atoms with van der Waals surface area (Å²) in [6, 6.07) is 12.3. The van der Waals surface area contributed by atoms with Gasteiger partial charge in [-0.15, -0.1) is 0 Å². The van der Waals surface area contributed by atoms with Crippen LogP contribution < -0.4 is 10.6 Å². The molecule has 3 heteroatoms. The molecule has 0 saturated heterocycles. The van der Waals surface area contributed by atoms with Crippen molar-refractivity contribution < 1.29 is 4.79 Å². The topological polar surface area (TPSA) is 46.3 Å². The van der Waals surface area contributed by atoms with Crippen LogP contribution in [0.5, 0.6) is 0 Å². The summed E-state index contributed by atoms with van der Waals surface area (Å²) in [6.45, 7) is 5.51. The maximum Gasteiger partial charge on any atom is 0.246 e. The van der Waals surface area contributed by atoms with E-state index in [1.165, 1.54) is 10.9 Å². The number of benzene rings is 2. The van der Waals surface area contributed by atoms with Gasteiger partial charge in [0.1, 0.15) is 0 Å². The zero-order chi connectivity index (χ0) is 14.2. The van der Waals surface area contributed by atoms with Gasteiger partial charge < -0.3 is 10.6 Å². The Morgan fingerprint density at radius 1 is 1.11 bits per heavy atom. The van der Waals surface area contributed by atoms with Crippen molar-refractivity contribution in [2.24, 2.45) is 5.73 Å². The number of rotatable bonds is 2. The van der Waals surface area contributed by atoms with E-state index in [9.17, 15) is 4.79 Å². The van der Waals surface area contributed by atoms with Gasteiger partial charge in [0, 0.05) is 12.7 Å². The molecule has 2 N–H and O–H groups in total. The second-order valence-corrected chi connectivity index (χ2v) is 5.62. The van der Waals surface area contributed by atoms with Crippen LogP contribution in [-0.4, -0.2) is 18.5 Å². The average molecular weight is 256 g/mol. The van der Waals surface area contributed by atoms with Crippen molar-refractivity contribution in [3.05, 3.63) is 42.0 Å². The van der Waals surface area contributed by atoms with E-state index >= 15 is 0 Å². The number of likely N-dealkylation sites (N-methyl/N-ethyl adjacent to an activating group) is 1. The van der Waals surface area contributed by atoms with Gasteiger partial charge >= 0.3 is 0 Å². The third kappa shape index (κ3) is 2.76. The van der Waals surface area contributed by atoms with Crippen LogP contribution in [0.2, 0.25) is 0 Å². The zero-order valence-electron chi connectivity index (χ0n) is 11.9. The normalized spacial score (nSPS) is 11.6. The average Bonchev–Trinajstić information content (AvgIpc) is 2.35. The van der Waals surface area contributed by atoms with Crippen LogP contribution in [0.25, 0.3) is 10.8 Å². The molecule has 0 spiro atoms. The van der Waals surface area contributed by atoms with Gasteiger partial charge in [0.25, 0.3) is 0 Å². The number of hydrogen-bond donors (Lipinski definition) is 1. The number of amides is 1. The van der Waals surface area contributed by atoms with Gasteiger partial charge in [0.15, 0.2) is 0 Å². The van der Waals surface area contributed by atoms with E-state index in [1.54, 1.807) is 25.8 Å². The molecule has 0 aliphatic rings. The number of hydrogen-bond acceptors (Lipinski definition) is 2. The van der Waals surface area contributed by atoms with Gasteiger partial charge in [0.2, 0.25) is 5.91 Å². The fourth-order valence-electron chi connectivity index (χ4n) is 2.11. The first-order valence-corrected chi connectivity index (χ1v) is 6.36. The standard InChI is InChI=1S/C16H20N2O/c1-11-5-6-13-10-14(8-7-12(13)9-11)18(4)15(19)16(2,3)17/h5-10H,17H2,1-4H3. The quantitative estimate of drug-likeness (QED) is 0.898. The monoisotopic (exact) mass is 256 g/mol. The summed E-state index contributed by atoms with van der Waals surface area (Å²) in [4.78, 5) is 13.8. The Balaban J connectivity index is 2.41. The number of fused-ring (bicyclic) bond motifs is 1. The van der Waals surface area contributed by atoms with Gasteiger partial charge in [-0.25, -0.2) is 0 Å². The molecular formula is C16H20N2O. The van der Waals surface area contributed by atoms with E-state index in [-0.39, 0.29) is 5.91 Å². The van der Waals surface area contributed by atoms with E-state index in [1.807, 2.05) is 18.2 Å². The van der Waals surface area contributed by atoms with Crippen molar-refractivity contribution in [2.75, 3.05) is 11.9 Å². The summed E-state index contributed by atoms with van der Waals surface area (Å²) < 4.78 is 0. The lowest BCUT2D eigenvalue weighted by Gasteiger charge is -2.26. The van der Waals surface area contributed by atoms with E-state index in [4.69, 9.17) is 5.73 Å². The van der Waals surface area contributed by atoms with E-state index in [0.717, 1.165) is 11.1 Å². The second kappa shape index (κ2) is 4.67. The molecule has 2 aromatic rings. The van der Waals surface area contributed by atoms with Crippen molar-refractivity contribution in [1.29, 1.82) is 0 Å². The summed E-state index contributed by atoms with van der Waals surface area (Å²) in [5.74, 6) is -0.0982. The summed E-state index contributed by atoms with van der Waals surface area (Å²) in [5.41, 5.74) is 7.08. The van der Waals surface area contributed by atoms with Gasteiger partial charge in [-0.1, -0.05) is 29.8 Å². The van der Waals surface area contributed by atoms with E-state index in [0.29, 0.717) is 0 Å². The molecule has 0 aliphatic carbocycles. The highest BCUT2D eigenvalue weighted by atomic mass is 16.2. The van der Waals surface area contributed by atoms with E-state index in [2.05, 4.69) is 25.1 Å². The first kappa shape index (κ1) is 13.6. The summed E-state index contributed by atoms with van der Waals surface area (Å²) >= 11 is 0. The molecule has 0 saturated carbocycles. The lowest BCUT2D eigenvalue weighted by atomic mass is 10.0. The highest BCUT2D eigenvalue weighted by Gasteiger charge is 2.26. The highest BCUT2D eigenvalue weighted by Crippen LogP contribution is 2.23. The molecule has 0 fully saturated rings. The number of carbonyl (C=O) groups excluding carboxylic acids is 1. The van der Waals surface area contributed by atoms with Crippen molar-refractivity contribution in [1.82, 2.24) is 0 Å². The predicted molar refractivity (Wildman–Crippen MR) is 80.4 cm³/mol. The number of anilines is 1. The van der Waals surface area contributed by atoms with E-state index < -0.39 is 5.54 Å². The van der Waals surface area contributed by atoms with Crippen molar-refractivity contribution in [3.63, 3.8) is 0 Å². The van der Waals surface area contributed by atoms with Gasteiger partial charge in [-0.05, 0) is 43.7 Å². The van der Waals surface area contributed by atoms with Crippen LogP contribution in [0.3, 0.4) is 0 Å². The summed E-state index contributed by atoms with van der Waals surface area (Å²) in [5, 5.41) is 2.30. The third-order valence-electron chi connectivity index (χ3n) is 3.22. The molecule has 2 aromatic carbocycles. The summed E-state index contributed by atoms with van der Waals surface area (Å²) in [7, 11) is 1.76. The van der Waals surface area contributed by atoms with Crippen molar-refractivity contribution in [2.45, 2.75) is 26.3 Å². The molecule has 19 heavy (non-hydrogen) atoms. The number of nitrogens with zero attached hydrogens (tertiary/aromatic N) is 1. The molecule has 0 aliphatic heterocycles. The fourth-order valence-corrected chi connectivity index (χ4v) is 2.11. The number of aryl methyl sites for hydroxylation is 1. The largest absolute Gasteiger partial charge is 0.318 e. The number of carbonyl (C=O) groups is 1. The van der Waals surface area contributed by atoms with Crippen LogP contribution in [-0.2, 0) is 4.79 Å². The zero-order valence-corrected chi connectivity index (χ0v) is 11.9. The molecule has 1 amide bonds. The lowest BCUT2D eigenvalue weighted by Crippen LogP contribution is -2.49. The highest BCUT2D eigenvalue weighted by molar-refractivity contribution is 6.00. The Bertz CT molecular complexity index is 626. The van der Waals surface area contributed by atoms with Gasteiger partial charge in [-0.2, -0.15) is 0 Å². The van der Waals surface area contributed by atoms with Gasteiger partial charge in [-0.3, -0.25) is 4.79 Å². The van der Waals surface area contributed by atoms with Crippen LogP contribution in [0, 0.1) is 6.92 Å². The molecule has 2 rings (SSSR count). The Morgan fingerprint density at radius 2 is 1.68 bits per heavy atom. The Labute approximate surface area is 114 Å². The minimum absolute atomic E-state index is 0.0982. The second-order valence-electron chi connectivity index (χ2n) is 5.62. The van der Waals surface area contributed by atoms with Crippen LogP contribution >= 0.6 is 0 Å². The molecule has 0 heterocycles. The lowest BCUT2D eigenvalue weighted by molar-refractivity contribution is -0.122. The minimum Gasteiger partial charge on any atom is -0.318 e. The van der Waals surface area contributed by atoms with Crippen molar-refractivity contribution in [3.8, 4) is 0 Å².